The number of nitrogens with one attached hydrogen (secondary N) is 1. The lowest BCUT2D eigenvalue weighted by Crippen LogP contribution is -2.17. The summed E-state index contributed by atoms with van der Waals surface area (Å²) in [6.07, 6.45) is 4.14. The summed E-state index contributed by atoms with van der Waals surface area (Å²) in [5.41, 5.74) is 3.91. The Morgan fingerprint density at radius 3 is 2.32 bits per heavy atom. The van der Waals surface area contributed by atoms with E-state index in [1.165, 1.54) is 12.7 Å². The quantitative estimate of drug-likeness (QED) is 0.855. The van der Waals surface area contributed by atoms with Crippen LogP contribution in [0.15, 0.2) is 41.3 Å². The van der Waals surface area contributed by atoms with Gasteiger partial charge in [0.25, 0.3) is 10.0 Å². The summed E-state index contributed by atoms with van der Waals surface area (Å²) in [4.78, 5) is 0.217. The Hall–Kier alpha value is -2.01. The van der Waals surface area contributed by atoms with E-state index < -0.39 is 10.0 Å². The molecule has 0 saturated carbocycles. The maximum absolute atomic E-state index is 13.1. The number of methoxy groups -OCH3 is 1. The molecule has 134 valence electrons. The number of sulfonamides is 1. The van der Waals surface area contributed by atoms with Crippen LogP contribution in [0.1, 0.15) is 49.3 Å². The molecule has 0 amide bonds. The monoisotopic (exact) mass is 359 g/mol. The van der Waals surface area contributed by atoms with E-state index in [9.17, 15) is 8.42 Å². The minimum atomic E-state index is -3.72. The first-order chi connectivity index (χ1) is 11.9. The molecular formula is C20H25NO3S. The van der Waals surface area contributed by atoms with Crippen LogP contribution >= 0.6 is 0 Å². The van der Waals surface area contributed by atoms with Crippen molar-refractivity contribution < 1.29 is 13.2 Å². The molecule has 0 unspecified atom stereocenters. The van der Waals surface area contributed by atoms with Gasteiger partial charge in [0.2, 0.25) is 0 Å². The normalized spacial score (nSPS) is 14.2. The van der Waals surface area contributed by atoms with Gasteiger partial charge in [-0.1, -0.05) is 32.0 Å². The van der Waals surface area contributed by atoms with Crippen LogP contribution in [0, 0.1) is 0 Å². The van der Waals surface area contributed by atoms with Gasteiger partial charge in [-0.05, 0) is 66.5 Å². The fourth-order valence-electron chi connectivity index (χ4n) is 3.40. The van der Waals surface area contributed by atoms with Crippen LogP contribution in [-0.2, 0) is 22.9 Å². The Labute approximate surface area is 150 Å². The molecule has 0 radical (unpaired) electrons. The Bertz CT molecular complexity index is 873. The predicted molar refractivity (Wildman–Crippen MR) is 101 cm³/mol. The van der Waals surface area contributed by atoms with E-state index in [0.717, 1.165) is 36.8 Å². The Balaban J connectivity index is 2.03. The molecule has 0 fully saturated rings. The van der Waals surface area contributed by atoms with Crippen molar-refractivity contribution in [3.63, 3.8) is 0 Å². The van der Waals surface area contributed by atoms with Gasteiger partial charge in [0, 0.05) is 0 Å². The third kappa shape index (κ3) is 3.66. The summed E-state index contributed by atoms with van der Waals surface area (Å²) in [5.74, 6) is 0.638. The van der Waals surface area contributed by atoms with Crippen molar-refractivity contribution in [2.24, 2.45) is 0 Å². The first-order valence-electron chi connectivity index (χ1n) is 8.74. The Morgan fingerprint density at radius 1 is 1.04 bits per heavy atom. The molecular weight excluding hydrogens is 334 g/mol. The summed E-state index contributed by atoms with van der Waals surface area (Å²) in [7, 11) is -2.20. The van der Waals surface area contributed by atoms with Crippen LogP contribution in [0.25, 0.3) is 0 Å². The molecule has 25 heavy (non-hydrogen) atoms. The van der Waals surface area contributed by atoms with Crippen LogP contribution in [0.4, 0.5) is 5.69 Å². The van der Waals surface area contributed by atoms with E-state index >= 15 is 0 Å². The number of para-hydroxylation sites is 1. The molecule has 0 aliphatic heterocycles. The van der Waals surface area contributed by atoms with E-state index in [4.69, 9.17) is 4.74 Å². The highest BCUT2D eigenvalue weighted by atomic mass is 32.2. The van der Waals surface area contributed by atoms with E-state index in [-0.39, 0.29) is 10.8 Å². The maximum Gasteiger partial charge on any atom is 0.265 e. The molecule has 2 aromatic carbocycles. The molecule has 1 aliphatic rings. The molecule has 1 aliphatic carbocycles. The lowest BCUT2D eigenvalue weighted by atomic mass is 9.92. The second-order valence-electron chi connectivity index (χ2n) is 6.83. The van der Waals surface area contributed by atoms with Crippen LogP contribution in [0.5, 0.6) is 5.75 Å². The molecule has 0 heterocycles. The number of fused-ring (bicyclic) bond motifs is 1. The van der Waals surface area contributed by atoms with Crippen molar-refractivity contribution in [1.29, 1.82) is 0 Å². The predicted octanol–water partition coefficient (Wildman–Crippen LogP) is 4.50. The van der Waals surface area contributed by atoms with E-state index in [0.29, 0.717) is 11.4 Å². The van der Waals surface area contributed by atoms with Crippen molar-refractivity contribution >= 4 is 15.7 Å². The van der Waals surface area contributed by atoms with Gasteiger partial charge in [-0.3, -0.25) is 4.72 Å². The highest BCUT2D eigenvalue weighted by molar-refractivity contribution is 7.92. The molecule has 5 heteroatoms. The van der Waals surface area contributed by atoms with Crippen molar-refractivity contribution in [2.45, 2.75) is 50.3 Å². The summed E-state index contributed by atoms with van der Waals surface area (Å²) < 4.78 is 34.3. The fourth-order valence-corrected chi connectivity index (χ4v) is 4.69. The molecule has 0 bridgehead atoms. The van der Waals surface area contributed by atoms with Gasteiger partial charge in [-0.25, -0.2) is 8.42 Å². The van der Waals surface area contributed by atoms with Crippen molar-refractivity contribution in [1.82, 2.24) is 0 Å². The van der Waals surface area contributed by atoms with Gasteiger partial charge in [0.1, 0.15) is 10.6 Å². The molecule has 1 N–H and O–H groups in total. The average Bonchev–Trinajstić information content (AvgIpc) is 2.60. The number of hydrogen-bond acceptors (Lipinski definition) is 3. The summed E-state index contributed by atoms with van der Waals surface area (Å²) in [6, 6.07) is 11.2. The average molecular weight is 359 g/mol. The summed E-state index contributed by atoms with van der Waals surface area (Å²) >= 11 is 0. The van der Waals surface area contributed by atoms with Gasteiger partial charge in [0.15, 0.2) is 0 Å². The summed E-state index contributed by atoms with van der Waals surface area (Å²) in [6.45, 7) is 4.10. The lowest BCUT2D eigenvalue weighted by Gasteiger charge is -2.20. The highest BCUT2D eigenvalue weighted by Gasteiger charge is 2.24. The van der Waals surface area contributed by atoms with Gasteiger partial charge in [0.05, 0.1) is 12.8 Å². The zero-order chi connectivity index (χ0) is 18.0. The number of benzene rings is 2. The molecule has 0 aromatic heterocycles. The number of aryl methyl sites for hydroxylation is 2. The zero-order valence-electron chi connectivity index (χ0n) is 15.0. The first kappa shape index (κ1) is 17.8. The molecule has 0 spiro atoms. The second kappa shape index (κ2) is 7.08. The van der Waals surface area contributed by atoms with Crippen LogP contribution in [0.2, 0.25) is 0 Å². The van der Waals surface area contributed by atoms with Crippen LogP contribution < -0.4 is 9.46 Å². The zero-order valence-corrected chi connectivity index (χ0v) is 15.8. The third-order valence-corrected chi connectivity index (χ3v) is 6.13. The van der Waals surface area contributed by atoms with Gasteiger partial charge in [-0.2, -0.15) is 0 Å². The third-order valence-electron chi connectivity index (χ3n) is 4.74. The largest absolute Gasteiger partial charge is 0.495 e. The molecule has 0 atom stereocenters. The van der Waals surface area contributed by atoms with Crippen LogP contribution in [-0.4, -0.2) is 15.5 Å². The maximum atomic E-state index is 13.1. The minimum absolute atomic E-state index is 0.217. The van der Waals surface area contributed by atoms with Gasteiger partial charge in [-0.15, -0.1) is 0 Å². The molecule has 4 nitrogen and oxygen atoms in total. The van der Waals surface area contributed by atoms with Crippen molar-refractivity contribution in [3.05, 3.63) is 53.1 Å². The standard InChI is InChI=1S/C20H25NO3S/c1-14(2)17-10-6-7-11-18(17)21-25(22,23)20-13-16-9-5-4-8-15(16)12-19(20)24-3/h6-7,10-14,21H,4-5,8-9H2,1-3H3. The highest BCUT2D eigenvalue weighted by Crippen LogP contribution is 2.34. The van der Waals surface area contributed by atoms with E-state index in [1.54, 1.807) is 12.1 Å². The number of rotatable bonds is 5. The smallest absolute Gasteiger partial charge is 0.265 e. The van der Waals surface area contributed by atoms with Crippen molar-refractivity contribution in [3.8, 4) is 5.75 Å². The van der Waals surface area contributed by atoms with Gasteiger partial charge >= 0.3 is 0 Å². The Morgan fingerprint density at radius 2 is 1.68 bits per heavy atom. The number of hydrogen-bond donors (Lipinski definition) is 1. The first-order valence-corrected chi connectivity index (χ1v) is 10.2. The van der Waals surface area contributed by atoms with Crippen LogP contribution in [0.3, 0.4) is 0 Å². The van der Waals surface area contributed by atoms with E-state index in [2.05, 4.69) is 4.72 Å². The fraction of sp³-hybridized carbons (Fsp3) is 0.400. The Kier molecular flexibility index (Phi) is 5.04. The number of ether oxygens (including phenoxy) is 1. The molecule has 2 aromatic rings. The van der Waals surface area contributed by atoms with Crippen molar-refractivity contribution in [2.75, 3.05) is 11.8 Å². The van der Waals surface area contributed by atoms with E-state index in [1.807, 2.05) is 38.1 Å². The molecule has 3 rings (SSSR count). The van der Waals surface area contributed by atoms with Gasteiger partial charge < -0.3 is 4.74 Å². The minimum Gasteiger partial charge on any atom is -0.495 e. The SMILES string of the molecule is COc1cc2c(cc1S(=O)(=O)Nc1ccccc1C(C)C)CCCC2. The molecule has 0 saturated heterocycles. The topological polar surface area (TPSA) is 55.4 Å². The number of anilines is 1. The summed E-state index contributed by atoms with van der Waals surface area (Å²) in [5, 5.41) is 0. The lowest BCUT2D eigenvalue weighted by molar-refractivity contribution is 0.401. The second-order valence-corrected chi connectivity index (χ2v) is 8.48.